The highest BCUT2D eigenvalue weighted by Gasteiger charge is 2.26. The number of hydrogen-bond donors (Lipinski definition) is 4. The monoisotopic (exact) mass is 509 g/mol. The number of aliphatic carboxylic acids is 1. The van der Waals surface area contributed by atoms with Crippen molar-refractivity contribution in [3.05, 3.63) is 60.2 Å². The zero-order valence-electron chi connectivity index (χ0n) is 20.9. The van der Waals surface area contributed by atoms with Gasteiger partial charge in [0.15, 0.2) is 0 Å². The van der Waals surface area contributed by atoms with E-state index < -0.39 is 30.4 Å². The number of piperidine rings is 1. The van der Waals surface area contributed by atoms with Gasteiger partial charge in [0.2, 0.25) is 5.91 Å². The first-order valence-corrected chi connectivity index (χ1v) is 12.8. The van der Waals surface area contributed by atoms with Crippen LogP contribution in [-0.4, -0.2) is 79.3 Å². The highest BCUT2D eigenvalue weighted by atomic mass is 16.5. The molecule has 10 heteroatoms. The summed E-state index contributed by atoms with van der Waals surface area (Å²) in [5, 5.41) is 17.8. The molecule has 2 amide bonds. The Bertz CT molecular complexity index is 1030. The van der Waals surface area contributed by atoms with Gasteiger partial charge in [-0.15, -0.1) is 0 Å². The summed E-state index contributed by atoms with van der Waals surface area (Å²) in [6.07, 6.45) is 1.10. The molecule has 2 heterocycles. The lowest BCUT2D eigenvalue weighted by Gasteiger charge is -2.41. The number of nitrogens with one attached hydrogen (secondary N) is 3. The summed E-state index contributed by atoms with van der Waals surface area (Å²) in [6.45, 7) is 6.20. The smallest absolute Gasteiger partial charge is 0.408 e. The second kappa shape index (κ2) is 13.1. The van der Waals surface area contributed by atoms with Gasteiger partial charge in [-0.1, -0.05) is 30.3 Å². The van der Waals surface area contributed by atoms with Crippen LogP contribution >= 0.6 is 0 Å². The van der Waals surface area contributed by atoms with Crippen LogP contribution in [0.1, 0.15) is 24.8 Å². The predicted octanol–water partition coefficient (Wildman–Crippen LogP) is 2.27. The molecule has 1 atom stereocenters. The number of alkyl carbamates (subject to hydrolysis) is 1. The first-order valence-electron chi connectivity index (χ1n) is 12.8. The van der Waals surface area contributed by atoms with E-state index >= 15 is 0 Å². The fourth-order valence-corrected chi connectivity index (χ4v) is 4.78. The third kappa shape index (κ3) is 7.93. The van der Waals surface area contributed by atoms with Crippen molar-refractivity contribution in [3.8, 4) is 0 Å². The molecule has 0 bridgehead atoms. The van der Waals surface area contributed by atoms with Gasteiger partial charge < -0.3 is 30.7 Å². The minimum Gasteiger partial charge on any atom is -0.480 e. The predicted molar refractivity (Wildman–Crippen MR) is 141 cm³/mol. The van der Waals surface area contributed by atoms with Gasteiger partial charge in [0.25, 0.3) is 0 Å². The average molecular weight is 510 g/mol. The minimum atomic E-state index is -1.40. The van der Waals surface area contributed by atoms with Crippen molar-refractivity contribution in [2.24, 2.45) is 0 Å². The van der Waals surface area contributed by atoms with Gasteiger partial charge in [0.1, 0.15) is 12.6 Å². The average Bonchev–Trinajstić information content (AvgIpc) is 2.93. The quantitative estimate of drug-likeness (QED) is 0.406. The number of nitrogens with zero attached hydrogens (tertiary/aromatic N) is 2. The Morgan fingerprint density at radius 2 is 1.65 bits per heavy atom. The number of piperazine rings is 1. The van der Waals surface area contributed by atoms with Crippen molar-refractivity contribution >= 4 is 29.3 Å². The second-order valence-electron chi connectivity index (χ2n) is 9.40. The van der Waals surface area contributed by atoms with Crippen LogP contribution in [0, 0.1) is 0 Å². The van der Waals surface area contributed by atoms with Gasteiger partial charge in [-0.05, 0) is 55.8 Å². The summed E-state index contributed by atoms with van der Waals surface area (Å²) in [5.74, 6) is -1.83. The molecular formula is C27H35N5O5. The van der Waals surface area contributed by atoms with Crippen LogP contribution in [0.15, 0.2) is 54.6 Å². The Kier molecular flexibility index (Phi) is 9.34. The van der Waals surface area contributed by atoms with Crippen LogP contribution in [-0.2, 0) is 20.9 Å². The van der Waals surface area contributed by atoms with Crippen LogP contribution in [0.5, 0.6) is 0 Å². The largest absolute Gasteiger partial charge is 0.480 e. The molecule has 0 aliphatic carbocycles. The van der Waals surface area contributed by atoms with E-state index in [4.69, 9.17) is 4.74 Å². The number of anilines is 2. The van der Waals surface area contributed by atoms with Gasteiger partial charge in [0, 0.05) is 43.6 Å². The van der Waals surface area contributed by atoms with E-state index in [0.29, 0.717) is 11.7 Å². The van der Waals surface area contributed by atoms with Crippen molar-refractivity contribution in [3.63, 3.8) is 0 Å². The summed E-state index contributed by atoms with van der Waals surface area (Å²) in [7, 11) is 0. The highest BCUT2D eigenvalue weighted by Crippen LogP contribution is 2.22. The SMILES string of the molecule is O=C(C[C@H](NC(=O)OCc1ccccc1)C(=O)O)Nc1ccc(N2CCN(C3CCNCC3)CC2)cc1. The molecule has 2 aromatic rings. The number of amides is 2. The van der Waals surface area contributed by atoms with E-state index in [1.165, 1.54) is 12.8 Å². The molecule has 4 rings (SSSR count). The van der Waals surface area contributed by atoms with Gasteiger partial charge >= 0.3 is 12.1 Å². The fourth-order valence-electron chi connectivity index (χ4n) is 4.78. The molecule has 0 saturated carbocycles. The zero-order valence-corrected chi connectivity index (χ0v) is 20.9. The lowest BCUT2D eigenvalue weighted by Crippen LogP contribution is -2.52. The van der Waals surface area contributed by atoms with E-state index in [-0.39, 0.29) is 6.61 Å². The van der Waals surface area contributed by atoms with Crippen LogP contribution in [0.25, 0.3) is 0 Å². The number of carboxylic acid groups (broad SMARTS) is 1. The number of carbonyl (C=O) groups is 3. The summed E-state index contributed by atoms with van der Waals surface area (Å²) in [4.78, 5) is 41.0. The fraction of sp³-hybridized carbons (Fsp3) is 0.444. The maximum absolute atomic E-state index is 12.5. The van der Waals surface area contributed by atoms with E-state index in [1.807, 2.05) is 42.5 Å². The molecule has 2 aliphatic heterocycles. The van der Waals surface area contributed by atoms with Crippen molar-refractivity contribution in [1.29, 1.82) is 0 Å². The Balaban J connectivity index is 1.22. The lowest BCUT2D eigenvalue weighted by atomic mass is 10.0. The molecule has 0 unspecified atom stereocenters. The van der Waals surface area contributed by atoms with Crippen molar-refractivity contribution in [1.82, 2.24) is 15.5 Å². The first-order chi connectivity index (χ1) is 18.0. The van der Waals surface area contributed by atoms with Crippen LogP contribution in [0.3, 0.4) is 0 Å². The summed E-state index contributed by atoms with van der Waals surface area (Å²) < 4.78 is 5.06. The number of rotatable bonds is 9. The van der Waals surface area contributed by atoms with E-state index in [0.717, 1.165) is 50.5 Å². The number of carboxylic acids is 1. The number of ether oxygens (including phenoxy) is 1. The summed E-state index contributed by atoms with van der Waals surface area (Å²) in [5.41, 5.74) is 2.43. The molecule has 2 fully saturated rings. The molecule has 0 aromatic heterocycles. The van der Waals surface area contributed by atoms with Gasteiger partial charge in [-0.25, -0.2) is 9.59 Å². The molecule has 2 aliphatic rings. The highest BCUT2D eigenvalue weighted by molar-refractivity contribution is 5.95. The molecule has 0 spiro atoms. The van der Waals surface area contributed by atoms with Crippen molar-refractivity contribution in [2.45, 2.75) is 38.0 Å². The molecule has 37 heavy (non-hydrogen) atoms. The molecular weight excluding hydrogens is 474 g/mol. The third-order valence-electron chi connectivity index (χ3n) is 6.85. The number of benzene rings is 2. The van der Waals surface area contributed by atoms with E-state index in [9.17, 15) is 19.5 Å². The van der Waals surface area contributed by atoms with Crippen LogP contribution < -0.4 is 20.9 Å². The van der Waals surface area contributed by atoms with E-state index in [1.54, 1.807) is 12.1 Å². The minimum absolute atomic E-state index is 0.00463. The third-order valence-corrected chi connectivity index (χ3v) is 6.85. The van der Waals surface area contributed by atoms with Gasteiger partial charge in [-0.3, -0.25) is 9.69 Å². The maximum atomic E-state index is 12.5. The van der Waals surface area contributed by atoms with Crippen LogP contribution in [0.4, 0.5) is 16.2 Å². The lowest BCUT2D eigenvalue weighted by molar-refractivity contribution is -0.140. The van der Waals surface area contributed by atoms with E-state index in [2.05, 4.69) is 25.8 Å². The van der Waals surface area contributed by atoms with Crippen molar-refractivity contribution < 1.29 is 24.2 Å². The Labute approximate surface area is 217 Å². The van der Waals surface area contributed by atoms with Crippen LogP contribution in [0.2, 0.25) is 0 Å². The Morgan fingerprint density at radius 3 is 2.30 bits per heavy atom. The summed E-state index contributed by atoms with van der Waals surface area (Å²) in [6, 6.07) is 15.8. The maximum Gasteiger partial charge on any atom is 0.408 e. The second-order valence-corrected chi connectivity index (χ2v) is 9.40. The number of carbonyl (C=O) groups excluding carboxylic acids is 2. The summed E-state index contributed by atoms with van der Waals surface area (Å²) >= 11 is 0. The normalized spacial score (nSPS) is 17.6. The Morgan fingerprint density at radius 1 is 0.973 bits per heavy atom. The molecule has 198 valence electrons. The molecule has 2 saturated heterocycles. The first kappa shape index (κ1) is 26.4. The molecule has 0 radical (unpaired) electrons. The molecule has 4 N–H and O–H groups in total. The Hall–Kier alpha value is -3.63. The topological polar surface area (TPSA) is 123 Å². The molecule has 2 aromatic carbocycles. The number of hydrogen-bond acceptors (Lipinski definition) is 7. The van der Waals surface area contributed by atoms with Gasteiger partial charge in [-0.2, -0.15) is 0 Å². The standard InChI is InChI=1S/C27H35N5O5/c33-25(18-24(26(34)35)30-27(36)37-19-20-4-2-1-3-5-20)29-21-6-8-22(9-7-21)31-14-16-32(17-15-31)23-10-12-28-13-11-23/h1-9,23-24,28H,10-19H2,(H,29,33)(H,30,36)(H,34,35)/t24-/m0/s1. The molecule has 10 nitrogen and oxygen atoms in total. The zero-order chi connectivity index (χ0) is 26.0. The van der Waals surface area contributed by atoms with Crippen molar-refractivity contribution in [2.75, 3.05) is 49.5 Å². The van der Waals surface area contributed by atoms with Gasteiger partial charge in [0.05, 0.1) is 6.42 Å².